The third kappa shape index (κ3) is 4.94. The normalized spacial score (nSPS) is 17.4. The van der Waals surface area contributed by atoms with E-state index in [1.807, 2.05) is 4.90 Å². The van der Waals surface area contributed by atoms with Gasteiger partial charge in [-0.2, -0.15) is 0 Å². The average molecular weight is 404 g/mol. The molecule has 3 aromatic rings. The smallest absolute Gasteiger partial charge is 0.239 e. The maximum absolute atomic E-state index is 13.1. The molecule has 0 bridgehead atoms. The number of fused-ring (bicyclic) bond motifs is 1. The zero-order valence-electron chi connectivity index (χ0n) is 17.5. The van der Waals surface area contributed by atoms with E-state index in [-0.39, 0.29) is 11.9 Å². The van der Waals surface area contributed by atoms with Crippen LogP contribution in [0.5, 0.6) is 0 Å². The van der Waals surface area contributed by atoms with E-state index in [0.717, 1.165) is 45.4 Å². The van der Waals surface area contributed by atoms with Crippen molar-refractivity contribution in [3.05, 3.63) is 66.5 Å². The topological polar surface area (TPSA) is 61.4 Å². The molecule has 1 fully saturated rings. The molecule has 1 amide bonds. The first-order valence-electron chi connectivity index (χ1n) is 10.7. The first-order valence-corrected chi connectivity index (χ1v) is 10.7. The largest absolute Gasteiger partial charge is 0.354 e. The zero-order valence-corrected chi connectivity index (χ0v) is 17.5. The molecular formula is C24H29N5O. The number of amides is 1. The summed E-state index contributed by atoms with van der Waals surface area (Å²) in [6.07, 6.45) is 6.07. The molecule has 0 aliphatic carbocycles. The highest BCUT2D eigenvalue weighted by molar-refractivity contribution is 5.83. The number of likely N-dealkylation sites (N-methyl/N-ethyl adjacent to an activating group) is 1. The summed E-state index contributed by atoms with van der Waals surface area (Å²) < 4.78 is 0. The second-order valence-corrected chi connectivity index (χ2v) is 7.89. The van der Waals surface area contributed by atoms with Crippen molar-refractivity contribution in [2.24, 2.45) is 0 Å². The van der Waals surface area contributed by atoms with Gasteiger partial charge in [-0.15, -0.1) is 0 Å². The van der Waals surface area contributed by atoms with Gasteiger partial charge < -0.3 is 10.2 Å². The molecule has 1 aliphatic rings. The van der Waals surface area contributed by atoms with Gasteiger partial charge in [-0.25, -0.2) is 9.97 Å². The maximum atomic E-state index is 13.1. The molecule has 1 aliphatic heterocycles. The number of hydrogen-bond donors (Lipinski definition) is 1. The summed E-state index contributed by atoms with van der Waals surface area (Å²) >= 11 is 0. The Morgan fingerprint density at radius 1 is 1.03 bits per heavy atom. The molecule has 6 heteroatoms. The molecule has 156 valence electrons. The van der Waals surface area contributed by atoms with Crippen LogP contribution in [0.2, 0.25) is 0 Å². The predicted molar refractivity (Wildman–Crippen MR) is 120 cm³/mol. The van der Waals surface area contributed by atoms with E-state index >= 15 is 0 Å². The summed E-state index contributed by atoms with van der Waals surface area (Å²) in [6, 6.07) is 16.7. The SMILES string of the molecule is CN1CCN(CCc2ccc3ccccc3c2)C(=O)[C@@H]1CCCNc1ncccn1. The molecule has 4 rings (SSSR count). The van der Waals surface area contributed by atoms with Crippen LogP contribution in [0.4, 0.5) is 5.95 Å². The highest BCUT2D eigenvalue weighted by atomic mass is 16.2. The molecule has 1 N–H and O–H groups in total. The third-order valence-electron chi connectivity index (χ3n) is 5.84. The summed E-state index contributed by atoms with van der Waals surface area (Å²) in [5.74, 6) is 0.887. The van der Waals surface area contributed by atoms with Gasteiger partial charge in [0.05, 0.1) is 6.04 Å². The van der Waals surface area contributed by atoms with Gasteiger partial charge in [-0.3, -0.25) is 9.69 Å². The van der Waals surface area contributed by atoms with Gasteiger partial charge in [0.1, 0.15) is 0 Å². The summed E-state index contributed by atoms with van der Waals surface area (Å²) in [6.45, 7) is 3.26. The molecule has 2 heterocycles. The van der Waals surface area contributed by atoms with E-state index in [1.165, 1.54) is 16.3 Å². The van der Waals surface area contributed by atoms with E-state index < -0.39 is 0 Å². The Balaban J connectivity index is 1.29. The average Bonchev–Trinajstić information content (AvgIpc) is 2.78. The van der Waals surface area contributed by atoms with Crippen LogP contribution in [0.25, 0.3) is 10.8 Å². The Labute approximate surface area is 177 Å². The van der Waals surface area contributed by atoms with Gasteiger partial charge >= 0.3 is 0 Å². The fraction of sp³-hybridized carbons (Fsp3) is 0.375. The molecule has 6 nitrogen and oxygen atoms in total. The number of anilines is 1. The summed E-state index contributed by atoms with van der Waals surface area (Å²) in [5, 5.41) is 5.73. The van der Waals surface area contributed by atoms with Crippen LogP contribution in [-0.2, 0) is 11.2 Å². The van der Waals surface area contributed by atoms with Gasteiger partial charge in [-0.05, 0) is 48.7 Å². The number of benzene rings is 2. The number of aromatic nitrogens is 2. The van der Waals surface area contributed by atoms with Crippen molar-refractivity contribution in [1.29, 1.82) is 0 Å². The van der Waals surface area contributed by atoms with Gasteiger partial charge in [0.25, 0.3) is 0 Å². The molecule has 2 aromatic carbocycles. The van der Waals surface area contributed by atoms with Crippen LogP contribution in [0, 0.1) is 0 Å². The number of hydrogen-bond acceptors (Lipinski definition) is 5. The molecular weight excluding hydrogens is 374 g/mol. The van der Waals surface area contributed by atoms with E-state index in [4.69, 9.17) is 0 Å². The Kier molecular flexibility index (Phi) is 6.54. The van der Waals surface area contributed by atoms with Gasteiger partial charge in [0.15, 0.2) is 0 Å². The molecule has 0 radical (unpaired) electrons. The van der Waals surface area contributed by atoms with Gasteiger partial charge in [0.2, 0.25) is 11.9 Å². The molecule has 1 saturated heterocycles. The Morgan fingerprint density at radius 3 is 2.67 bits per heavy atom. The fourth-order valence-corrected chi connectivity index (χ4v) is 4.05. The van der Waals surface area contributed by atoms with Crippen molar-refractivity contribution in [2.45, 2.75) is 25.3 Å². The lowest BCUT2D eigenvalue weighted by Crippen LogP contribution is -2.55. The van der Waals surface area contributed by atoms with Crippen molar-refractivity contribution in [2.75, 3.05) is 38.5 Å². The lowest BCUT2D eigenvalue weighted by atomic mass is 10.0. The standard InChI is InChI=1S/C24H29N5O/c1-28-16-17-29(15-11-19-9-10-20-6-2-3-7-21(20)18-19)23(30)22(28)8-4-12-25-24-26-13-5-14-27-24/h2-3,5-7,9-10,13-14,18,22H,4,8,11-12,15-17H2,1H3,(H,25,26,27)/t22-/m0/s1. The highest BCUT2D eigenvalue weighted by Crippen LogP contribution is 2.18. The Bertz CT molecular complexity index is 978. The highest BCUT2D eigenvalue weighted by Gasteiger charge is 2.31. The quantitative estimate of drug-likeness (QED) is 0.585. The van der Waals surface area contributed by atoms with Crippen molar-refractivity contribution >= 4 is 22.6 Å². The first kappa shape index (κ1) is 20.3. The Hall–Kier alpha value is -2.99. The number of rotatable bonds is 8. The van der Waals surface area contributed by atoms with Crippen LogP contribution in [0.3, 0.4) is 0 Å². The van der Waals surface area contributed by atoms with E-state index in [1.54, 1.807) is 18.5 Å². The summed E-state index contributed by atoms with van der Waals surface area (Å²) in [4.78, 5) is 25.6. The second kappa shape index (κ2) is 9.67. The van der Waals surface area contributed by atoms with Crippen molar-refractivity contribution in [3.8, 4) is 0 Å². The van der Waals surface area contributed by atoms with Crippen LogP contribution < -0.4 is 5.32 Å². The van der Waals surface area contributed by atoms with Crippen LogP contribution >= 0.6 is 0 Å². The van der Waals surface area contributed by atoms with Gasteiger partial charge in [-0.1, -0.05) is 42.5 Å². The van der Waals surface area contributed by atoms with Crippen LogP contribution in [0.1, 0.15) is 18.4 Å². The van der Waals surface area contributed by atoms with Crippen molar-refractivity contribution in [3.63, 3.8) is 0 Å². The number of piperazine rings is 1. The minimum atomic E-state index is -0.0474. The molecule has 1 aromatic heterocycles. The molecule has 1 atom stereocenters. The zero-order chi connectivity index (χ0) is 20.8. The predicted octanol–water partition coefficient (Wildman–Crippen LogP) is 3.21. The molecule has 30 heavy (non-hydrogen) atoms. The van der Waals surface area contributed by atoms with Crippen molar-refractivity contribution in [1.82, 2.24) is 19.8 Å². The third-order valence-corrected chi connectivity index (χ3v) is 5.84. The maximum Gasteiger partial charge on any atom is 0.239 e. The number of nitrogens with zero attached hydrogens (tertiary/aromatic N) is 4. The fourth-order valence-electron chi connectivity index (χ4n) is 4.05. The van der Waals surface area contributed by atoms with E-state index in [0.29, 0.717) is 5.95 Å². The first-order chi connectivity index (χ1) is 14.7. The molecule has 0 unspecified atom stereocenters. The van der Waals surface area contributed by atoms with Crippen molar-refractivity contribution < 1.29 is 4.79 Å². The lowest BCUT2D eigenvalue weighted by Gasteiger charge is -2.39. The van der Waals surface area contributed by atoms with Crippen LogP contribution in [0.15, 0.2) is 60.9 Å². The van der Waals surface area contributed by atoms with Gasteiger partial charge in [0, 0.05) is 38.6 Å². The number of nitrogens with one attached hydrogen (secondary N) is 1. The monoisotopic (exact) mass is 403 g/mol. The second-order valence-electron chi connectivity index (χ2n) is 7.89. The lowest BCUT2D eigenvalue weighted by molar-refractivity contribution is -0.141. The summed E-state index contributed by atoms with van der Waals surface area (Å²) in [7, 11) is 2.05. The number of carbonyl (C=O) groups excluding carboxylic acids is 1. The van der Waals surface area contributed by atoms with E-state index in [2.05, 4.69) is 69.7 Å². The van der Waals surface area contributed by atoms with Crippen LogP contribution in [-0.4, -0.2) is 64.9 Å². The molecule has 0 saturated carbocycles. The van der Waals surface area contributed by atoms with E-state index in [9.17, 15) is 4.79 Å². The summed E-state index contributed by atoms with van der Waals surface area (Å²) in [5.41, 5.74) is 1.28. The minimum Gasteiger partial charge on any atom is -0.354 e. The Morgan fingerprint density at radius 2 is 1.83 bits per heavy atom. The minimum absolute atomic E-state index is 0.0474. The molecule has 0 spiro atoms. The number of carbonyl (C=O) groups is 1.